The van der Waals surface area contributed by atoms with Crippen LogP contribution in [0.5, 0.6) is 0 Å². The number of hydrogen-bond donors (Lipinski definition) is 3. The zero-order chi connectivity index (χ0) is 12.5. The first-order valence-electron chi connectivity index (χ1n) is 5.34. The summed E-state index contributed by atoms with van der Waals surface area (Å²) in [6, 6.07) is 0. The molecular weight excluding hydrogens is 250 g/mol. The molecule has 3 aromatic rings. The summed E-state index contributed by atoms with van der Waals surface area (Å²) < 4.78 is 0. The largest absolute Gasteiger partial charge is 0.368 e. The fourth-order valence-electron chi connectivity index (χ4n) is 1.64. The molecule has 8 heteroatoms. The zero-order valence-corrected chi connectivity index (χ0v) is 10.5. The molecule has 3 rings (SSSR count). The number of aromatic amines is 1. The molecule has 0 radical (unpaired) electrons. The molecule has 4 N–H and O–H groups in total. The molecule has 0 unspecified atom stereocenters. The van der Waals surface area contributed by atoms with Gasteiger partial charge in [-0.15, -0.1) is 11.3 Å². The average molecular weight is 261 g/mol. The van der Waals surface area contributed by atoms with Crippen LogP contribution in [0.3, 0.4) is 0 Å². The molecule has 0 saturated carbocycles. The topological polar surface area (TPSA) is 105 Å². The smallest absolute Gasteiger partial charge is 0.224 e. The van der Waals surface area contributed by atoms with E-state index < -0.39 is 0 Å². The quantitative estimate of drug-likeness (QED) is 0.656. The molecule has 0 aliphatic heterocycles. The molecule has 0 saturated heterocycles. The summed E-state index contributed by atoms with van der Waals surface area (Å²) in [5, 5.41) is 6.24. The van der Waals surface area contributed by atoms with Crippen molar-refractivity contribution in [2.24, 2.45) is 0 Å². The molecule has 0 aromatic carbocycles. The minimum Gasteiger partial charge on any atom is -0.368 e. The Kier molecular flexibility index (Phi) is 2.56. The molecule has 18 heavy (non-hydrogen) atoms. The number of H-pyrrole nitrogens is 1. The molecule has 7 nitrogen and oxygen atoms in total. The number of anilines is 2. The maximum atomic E-state index is 5.63. The van der Waals surface area contributed by atoms with E-state index in [9.17, 15) is 0 Å². The summed E-state index contributed by atoms with van der Waals surface area (Å²) in [6.07, 6.45) is 1.57. The van der Waals surface area contributed by atoms with Gasteiger partial charge in [0.25, 0.3) is 0 Å². The van der Waals surface area contributed by atoms with Crippen molar-refractivity contribution < 1.29 is 0 Å². The van der Waals surface area contributed by atoms with Gasteiger partial charge in [-0.3, -0.25) is 0 Å². The Morgan fingerprint density at radius 2 is 2.28 bits per heavy atom. The van der Waals surface area contributed by atoms with Gasteiger partial charge in [0, 0.05) is 5.38 Å². The van der Waals surface area contributed by atoms with Crippen molar-refractivity contribution in [2.45, 2.75) is 13.5 Å². The van der Waals surface area contributed by atoms with Gasteiger partial charge < -0.3 is 16.0 Å². The maximum absolute atomic E-state index is 5.63. The molecule has 0 bridgehead atoms. The third-order valence-electron chi connectivity index (χ3n) is 2.41. The summed E-state index contributed by atoms with van der Waals surface area (Å²) in [4.78, 5) is 19.6. The van der Waals surface area contributed by atoms with Crippen molar-refractivity contribution in [3.8, 4) is 0 Å². The first-order chi connectivity index (χ1) is 8.72. The van der Waals surface area contributed by atoms with Gasteiger partial charge in [-0.2, -0.15) is 9.97 Å². The lowest BCUT2D eigenvalue weighted by molar-refractivity contribution is 1.04. The van der Waals surface area contributed by atoms with E-state index in [0.717, 1.165) is 16.2 Å². The van der Waals surface area contributed by atoms with Crippen LogP contribution in [0.15, 0.2) is 11.7 Å². The Morgan fingerprint density at radius 1 is 1.39 bits per heavy atom. The number of nitrogens with two attached hydrogens (primary N) is 1. The molecule has 0 amide bonds. The minimum atomic E-state index is 0.201. The summed E-state index contributed by atoms with van der Waals surface area (Å²) in [5.74, 6) is 0.840. The van der Waals surface area contributed by atoms with Crippen LogP contribution in [0.25, 0.3) is 11.2 Å². The fourth-order valence-corrected chi connectivity index (χ4v) is 2.25. The number of hydrogen-bond acceptors (Lipinski definition) is 7. The predicted octanol–water partition coefficient (Wildman–Crippen LogP) is 1.31. The number of rotatable bonds is 3. The van der Waals surface area contributed by atoms with E-state index in [-0.39, 0.29) is 5.95 Å². The third-order valence-corrected chi connectivity index (χ3v) is 3.23. The van der Waals surface area contributed by atoms with Crippen LogP contribution in [0, 0.1) is 6.92 Å². The fraction of sp³-hybridized carbons (Fsp3) is 0.200. The van der Waals surface area contributed by atoms with Gasteiger partial charge in [-0.05, 0) is 6.92 Å². The number of fused-ring (bicyclic) bond motifs is 1. The third kappa shape index (κ3) is 1.97. The highest BCUT2D eigenvalue weighted by molar-refractivity contribution is 7.09. The van der Waals surface area contributed by atoms with Crippen molar-refractivity contribution in [3.63, 3.8) is 0 Å². The van der Waals surface area contributed by atoms with E-state index in [4.69, 9.17) is 5.73 Å². The highest BCUT2D eigenvalue weighted by Crippen LogP contribution is 2.18. The molecular formula is C10H11N7S. The standard InChI is InChI=1S/C10H11N7S/c1-5-15-6(3-18-5)2-12-8-7-9(14-4-13-7)17-10(11)16-8/h3-4H,2H2,1H3,(H4,11,12,13,14,16,17). The Morgan fingerprint density at radius 3 is 3.06 bits per heavy atom. The van der Waals surface area contributed by atoms with Gasteiger partial charge in [0.2, 0.25) is 5.95 Å². The zero-order valence-electron chi connectivity index (χ0n) is 9.64. The number of aromatic nitrogens is 5. The van der Waals surface area contributed by atoms with Crippen LogP contribution >= 0.6 is 11.3 Å². The Labute approximate surface area is 107 Å². The van der Waals surface area contributed by atoms with E-state index >= 15 is 0 Å². The molecule has 0 aliphatic rings. The summed E-state index contributed by atoms with van der Waals surface area (Å²) in [6.45, 7) is 2.57. The molecule has 92 valence electrons. The molecule has 0 aliphatic carbocycles. The van der Waals surface area contributed by atoms with Crippen LogP contribution in [-0.2, 0) is 6.54 Å². The van der Waals surface area contributed by atoms with E-state index in [1.165, 1.54) is 0 Å². The highest BCUT2D eigenvalue weighted by atomic mass is 32.1. The van der Waals surface area contributed by atoms with Gasteiger partial charge in [0.1, 0.15) is 5.52 Å². The van der Waals surface area contributed by atoms with E-state index in [0.29, 0.717) is 18.0 Å². The van der Waals surface area contributed by atoms with Crippen molar-refractivity contribution in [1.29, 1.82) is 0 Å². The Balaban J connectivity index is 1.87. The molecule has 0 fully saturated rings. The second kappa shape index (κ2) is 4.22. The second-order valence-corrected chi connectivity index (χ2v) is 4.81. The summed E-state index contributed by atoms with van der Waals surface area (Å²) in [5.41, 5.74) is 7.90. The van der Waals surface area contributed by atoms with Gasteiger partial charge in [-0.25, -0.2) is 9.97 Å². The van der Waals surface area contributed by atoms with Crippen LogP contribution in [0.1, 0.15) is 10.7 Å². The van der Waals surface area contributed by atoms with Crippen LogP contribution in [0.4, 0.5) is 11.8 Å². The number of aryl methyl sites for hydroxylation is 1. The monoisotopic (exact) mass is 261 g/mol. The normalized spacial score (nSPS) is 10.9. The molecule has 0 atom stereocenters. The number of thiazole rings is 1. The van der Waals surface area contributed by atoms with E-state index in [2.05, 4.69) is 30.2 Å². The van der Waals surface area contributed by atoms with E-state index in [1.807, 2.05) is 12.3 Å². The second-order valence-electron chi connectivity index (χ2n) is 3.74. The first kappa shape index (κ1) is 10.9. The summed E-state index contributed by atoms with van der Waals surface area (Å²) >= 11 is 1.62. The lowest BCUT2D eigenvalue weighted by Gasteiger charge is -2.04. The van der Waals surface area contributed by atoms with Gasteiger partial charge in [-0.1, -0.05) is 0 Å². The van der Waals surface area contributed by atoms with Crippen LogP contribution in [0.2, 0.25) is 0 Å². The highest BCUT2D eigenvalue weighted by Gasteiger charge is 2.08. The lowest BCUT2D eigenvalue weighted by Crippen LogP contribution is -2.05. The van der Waals surface area contributed by atoms with Crippen LogP contribution in [-0.4, -0.2) is 24.9 Å². The Bertz CT molecular complexity index is 686. The number of imidazole rings is 1. The number of nitrogens with one attached hydrogen (secondary N) is 2. The van der Waals surface area contributed by atoms with E-state index in [1.54, 1.807) is 17.7 Å². The van der Waals surface area contributed by atoms with Gasteiger partial charge >= 0.3 is 0 Å². The van der Waals surface area contributed by atoms with Gasteiger partial charge in [0.05, 0.1) is 23.6 Å². The lowest BCUT2D eigenvalue weighted by atomic mass is 10.4. The number of nitrogen functional groups attached to an aromatic ring is 1. The van der Waals surface area contributed by atoms with Crippen molar-refractivity contribution in [1.82, 2.24) is 24.9 Å². The maximum Gasteiger partial charge on any atom is 0.224 e. The van der Waals surface area contributed by atoms with Crippen molar-refractivity contribution in [2.75, 3.05) is 11.1 Å². The predicted molar refractivity (Wildman–Crippen MR) is 70.3 cm³/mol. The number of nitrogens with zero attached hydrogens (tertiary/aromatic N) is 4. The van der Waals surface area contributed by atoms with Gasteiger partial charge in [0.15, 0.2) is 11.5 Å². The molecule has 0 spiro atoms. The first-order valence-corrected chi connectivity index (χ1v) is 6.22. The molecule has 3 aromatic heterocycles. The summed E-state index contributed by atoms with van der Waals surface area (Å²) in [7, 11) is 0. The Hall–Kier alpha value is -2.22. The average Bonchev–Trinajstić information content (AvgIpc) is 2.94. The van der Waals surface area contributed by atoms with Crippen molar-refractivity contribution >= 4 is 34.3 Å². The molecule has 3 heterocycles. The van der Waals surface area contributed by atoms with Crippen molar-refractivity contribution in [3.05, 3.63) is 22.4 Å². The SMILES string of the molecule is Cc1nc(CNc2nc(N)nc3nc[nH]c23)cs1. The minimum absolute atomic E-state index is 0.201. The van der Waals surface area contributed by atoms with Crippen LogP contribution < -0.4 is 11.1 Å².